The second-order valence-electron chi connectivity index (χ2n) is 4.20. The van der Waals surface area contributed by atoms with Crippen molar-refractivity contribution in [3.63, 3.8) is 0 Å². The van der Waals surface area contributed by atoms with E-state index in [1.54, 1.807) is 0 Å². The Hall–Kier alpha value is -0.0800. The smallest absolute Gasteiger partial charge is 0.0440 e. The first kappa shape index (κ1) is 6.62. The van der Waals surface area contributed by atoms with Gasteiger partial charge < -0.3 is 0 Å². The molecule has 2 heteroatoms. The molecule has 0 spiro atoms. The van der Waals surface area contributed by atoms with Gasteiger partial charge in [-0.2, -0.15) is 5.06 Å². The largest absolute Gasteiger partial charge is 0.151 e. The van der Waals surface area contributed by atoms with Gasteiger partial charge in [-0.25, -0.2) is 0 Å². The van der Waals surface area contributed by atoms with E-state index in [9.17, 15) is 5.21 Å². The SMILES string of the molecule is CC1(C)C2CCN([O])C1C2. The second kappa shape index (κ2) is 1.74. The molecule has 0 aromatic carbocycles. The van der Waals surface area contributed by atoms with Crippen molar-refractivity contribution in [3.8, 4) is 0 Å². The number of rotatable bonds is 0. The molecule has 1 radical (unpaired) electrons. The van der Waals surface area contributed by atoms with E-state index in [0.717, 1.165) is 25.3 Å². The van der Waals surface area contributed by atoms with E-state index in [2.05, 4.69) is 13.8 Å². The molecule has 2 saturated heterocycles. The summed E-state index contributed by atoms with van der Waals surface area (Å²) in [5, 5.41) is 12.4. The highest BCUT2D eigenvalue weighted by molar-refractivity contribution is 5.03. The van der Waals surface area contributed by atoms with Gasteiger partial charge in [0.15, 0.2) is 0 Å². The summed E-state index contributed by atoms with van der Waals surface area (Å²) in [7, 11) is 0. The average molecular weight is 140 g/mol. The van der Waals surface area contributed by atoms with Crippen molar-refractivity contribution in [2.45, 2.75) is 32.7 Å². The van der Waals surface area contributed by atoms with Crippen molar-refractivity contribution in [1.29, 1.82) is 0 Å². The fraction of sp³-hybridized carbons (Fsp3) is 1.00. The van der Waals surface area contributed by atoms with Gasteiger partial charge in [0.25, 0.3) is 0 Å². The summed E-state index contributed by atoms with van der Waals surface area (Å²) in [6.45, 7) is 5.21. The van der Waals surface area contributed by atoms with Crippen molar-refractivity contribution in [3.05, 3.63) is 0 Å². The minimum atomic E-state index is 0.319. The van der Waals surface area contributed by atoms with Gasteiger partial charge in [-0.3, -0.25) is 0 Å². The van der Waals surface area contributed by atoms with Crippen molar-refractivity contribution in [2.75, 3.05) is 6.54 Å². The van der Waals surface area contributed by atoms with Crippen LogP contribution >= 0.6 is 0 Å². The molecule has 2 unspecified atom stereocenters. The fourth-order valence-corrected chi connectivity index (χ4v) is 2.41. The lowest BCUT2D eigenvalue weighted by molar-refractivity contribution is -0.283. The highest BCUT2D eigenvalue weighted by atomic mass is 16.5. The molecule has 57 valence electrons. The lowest BCUT2D eigenvalue weighted by atomic mass is 9.55. The summed E-state index contributed by atoms with van der Waals surface area (Å²) in [5.74, 6) is 0.836. The molecule has 2 atom stereocenters. The topological polar surface area (TPSA) is 23.1 Å². The van der Waals surface area contributed by atoms with Crippen LogP contribution in [0.25, 0.3) is 0 Å². The zero-order chi connectivity index (χ0) is 7.35. The Morgan fingerprint density at radius 2 is 2.20 bits per heavy atom. The zero-order valence-corrected chi connectivity index (χ0v) is 6.63. The van der Waals surface area contributed by atoms with Gasteiger partial charge in [0.05, 0.1) is 0 Å². The van der Waals surface area contributed by atoms with Crippen LogP contribution in [-0.2, 0) is 5.21 Å². The van der Waals surface area contributed by atoms with Crippen LogP contribution in [0.4, 0.5) is 0 Å². The Labute approximate surface area is 61.8 Å². The number of hydrogen-bond donors (Lipinski definition) is 0. The molecule has 3 aliphatic rings. The van der Waals surface area contributed by atoms with Gasteiger partial charge in [-0.15, -0.1) is 5.21 Å². The Morgan fingerprint density at radius 3 is 2.50 bits per heavy atom. The first-order valence-electron chi connectivity index (χ1n) is 4.06. The van der Waals surface area contributed by atoms with Gasteiger partial charge in [0.1, 0.15) is 0 Å². The zero-order valence-electron chi connectivity index (χ0n) is 6.63. The van der Waals surface area contributed by atoms with E-state index >= 15 is 0 Å². The highest BCUT2D eigenvalue weighted by Crippen LogP contribution is 2.53. The molecule has 1 aliphatic carbocycles. The normalized spacial score (nSPS) is 44.7. The molecule has 0 aromatic rings. The van der Waals surface area contributed by atoms with Crippen LogP contribution in [-0.4, -0.2) is 17.6 Å². The van der Waals surface area contributed by atoms with Crippen LogP contribution < -0.4 is 0 Å². The molecule has 3 fully saturated rings. The van der Waals surface area contributed by atoms with Crippen molar-refractivity contribution >= 4 is 0 Å². The van der Waals surface area contributed by atoms with E-state index < -0.39 is 0 Å². The summed E-state index contributed by atoms with van der Waals surface area (Å²) in [4.78, 5) is 0. The van der Waals surface area contributed by atoms with Crippen molar-refractivity contribution in [1.82, 2.24) is 5.06 Å². The van der Waals surface area contributed by atoms with E-state index in [4.69, 9.17) is 0 Å². The maximum atomic E-state index is 11.2. The van der Waals surface area contributed by atoms with Crippen LogP contribution in [0.5, 0.6) is 0 Å². The summed E-state index contributed by atoms with van der Waals surface area (Å²) < 4.78 is 0. The van der Waals surface area contributed by atoms with Gasteiger partial charge in [-0.1, -0.05) is 13.8 Å². The van der Waals surface area contributed by atoms with E-state index in [0.29, 0.717) is 11.5 Å². The van der Waals surface area contributed by atoms with Gasteiger partial charge in [0, 0.05) is 12.6 Å². The molecule has 0 N–H and O–H groups in total. The minimum absolute atomic E-state index is 0.319. The molecule has 0 amide bonds. The first-order chi connectivity index (χ1) is 4.62. The maximum Gasteiger partial charge on any atom is 0.0440 e. The lowest BCUT2D eigenvalue weighted by Crippen LogP contribution is -2.61. The Morgan fingerprint density at radius 1 is 1.50 bits per heavy atom. The van der Waals surface area contributed by atoms with E-state index in [-0.39, 0.29) is 0 Å². The molecular formula is C8H14NO. The number of piperidine rings is 2. The Bertz CT molecular complexity index is 153. The van der Waals surface area contributed by atoms with Gasteiger partial charge >= 0.3 is 0 Å². The molecule has 2 nitrogen and oxygen atoms in total. The first-order valence-corrected chi connectivity index (χ1v) is 4.06. The summed E-state index contributed by atoms with van der Waals surface area (Å²) >= 11 is 0. The number of hydroxylamine groups is 2. The number of hydrogen-bond acceptors (Lipinski definition) is 1. The predicted octanol–water partition coefficient (Wildman–Crippen LogP) is 1.45. The van der Waals surface area contributed by atoms with Crippen LogP contribution in [0.1, 0.15) is 26.7 Å². The fourth-order valence-electron chi connectivity index (χ4n) is 2.41. The Balaban J connectivity index is 2.16. The summed E-state index contributed by atoms with van der Waals surface area (Å²) in [6, 6.07) is 0.339. The standard InChI is InChI=1S/C8H14NO/c1-8(2)6-3-4-9(10)7(8)5-6/h6-7H,3-5H2,1-2H3. The van der Waals surface area contributed by atoms with Crippen LogP contribution in [0.3, 0.4) is 0 Å². The molecule has 2 heterocycles. The van der Waals surface area contributed by atoms with Crippen molar-refractivity contribution < 1.29 is 5.21 Å². The molecule has 3 rings (SSSR count). The van der Waals surface area contributed by atoms with Gasteiger partial charge in [0.2, 0.25) is 0 Å². The average Bonchev–Trinajstić information content (AvgIpc) is 1.87. The summed E-state index contributed by atoms with van der Waals surface area (Å²) in [6.07, 6.45) is 2.27. The third kappa shape index (κ3) is 0.611. The molecule has 10 heavy (non-hydrogen) atoms. The molecule has 0 aromatic heterocycles. The predicted molar refractivity (Wildman–Crippen MR) is 37.7 cm³/mol. The highest BCUT2D eigenvalue weighted by Gasteiger charge is 2.54. The molecule has 1 saturated carbocycles. The van der Waals surface area contributed by atoms with E-state index in [1.165, 1.54) is 5.06 Å². The van der Waals surface area contributed by atoms with Crippen LogP contribution in [0.2, 0.25) is 0 Å². The van der Waals surface area contributed by atoms with Crippen molar-refractivity contribution in [2.24, 2.45) is 11.3 Å². The van der Waals surface area contributed by atoms with Crippen LogP contribution in [0, 0.1) is 11.3 Å². The van der Waals surface area contributed by atoms with Gasteiger partial charge in [-0.05, 0) is 24.2 Å². The number of fused-ring (bicyclic) bond motifs is 2. The molecule has 2 aliphatic heterocycles. The van der Waals surface area contributed by atoms with E-state index in [1.807, 2.05) is 0 Å². The molecule has 2 bridgehead atoms. The number of nitrogens with zero attached hydrogens (tertiary/aromatic N) is 1. The maximum absolute atomic E-state index is 11.2. The quantitative estimate of drug-likeness (QED) is 0.499. The second-order valence-corrected chi connectivity index (χ2v) is 4.20. The molecular weight excluding hydrogens is 126 g/mol. The third-order valence-corrected chi connectivity index (χ3v) is 3.46. The Kier molecular flexibility index (Phi) is 1.15. The third-order valence-electron chi connectivity index (χ3n) is 3.46. The minimum Gasteiger partial charge on any atom is -0.151 e. The lowest BCUT2D eigenvalue weighted by Gasteiger charge is -2.58. The summed E-state index contributed by atoms with van der Waals surface area (Å²) in [5.41, 5.74) is 0.319. The monoisotopic (exact) mass is 140 g/mol. The van der Waals surface area contributed by atoms with Crippen LogP contribution in [0.15, 0.2) is 0 Å².